The highest BCUT2D eigenvalue weighted by Gasteiger charge is 2.44. The Morgan fingerprint density at radius 3 is 2.71 bits per heavy atom. The Morgan fingerprint density at radius 2 is 2.04 bits per heavy atom. The molecule has 11 heteroatoms. The Kier molecular flexibility index (Phi) is 5.06. The maximum absolute atomic E-state index is 13.1. The predicted molar refractivity (Wildman–Crippen MR) is 103 cm³/mol. The second-order valence-corrected chi connectivity index (χ2v) is 9.13. The summed E-state index contributed by atoms with van der Waals surface area (Å²) in [7, 11) is -2.00. The number of anilines is 2. The minimum absolute atomic E-state index is 0.163. The van der Waals surface area contributed by atoms with Gasteiger partial charge in [0.15, 0.2) is 0 Å². The van der Waals surface area contributed by atoms with Crippen molar-refractivity contribution in [1.29, 1.82) is 0 Å². The number of nitrogens with zero attached hydrogens (tertiary/aromatic N) is 5. The van der Waals surface area contributed by atoms with Gasteiger partial charge < -0.3 is 19.6 Å². The van der Waals surface area contributed by atoms with E-state index in [0.717, 1.165) is 25.3 Å². The zero-order valence-corrected chi connectivity index (χ0v) is 16.6. The smallest absolute Gasteiger partial charge is 0.407 e. The normalized spacial score (nSPS) is 27.7. The van der Waals surface area contributed by atoms with Gasteiger partial charge in [0.05, 0.1) is 11.8 Å². The Morgan fingerprint density at radius 1 is 1.21 bits per heavy atom. The number of hydrogen-bond acceptors (Lipinski definition) is 6. The van der Waals surface area contributed by atoms with E-state index in [9.17, 15) is 13.2 Å². The van der Waals surface area contributed by atoms with Gasteiger partial charge in [-0.3, -0.25) is 4.31 Å². The van der Waals surface area contributed by atoms with E-state index in [1.54, 1.807) is 25.4 Å². The minimum atomic E-state index is -3.69. The standard InChI is InChI=1S/C17H25N5O5S/c1-27-15-4-7-19(12-15)16-10-13(2-5-18-16)21-8-9-22(28(21,25)26)14-3-6-20(11-14)17(23)24/h2,5,10,14-15H,3-4,6-9,11-12H2,1H3,(H,23,24)/t14-,15-/m1/s1. The number of amides is 1. The van der Waals surface area contributed by atoms with Crippen molar-refractivity contribution in [2.45, 2.75) is 25.0 Å². The van der Waals surface area contributed by atoms with E-state index in [4.69, 9.17) is 9.84 Å². The SMILES string of the molecule is CO[C@@H]1CCN(c2cc(N3CCN([C@@H]4CCN(C(=O)O)C4)S3(=O)=O)ccn2)C1. The first-order chi connectivity index (χ1) is 13.4. The Balaban J connectivity index is 1.51. The number of rotatable bonds is 4. The van der Waals surface area contributed by atoms with E-state index < -0.39 is 16.3 Å². The number of carboxylic acid groups (broad SMARTS) is 1. The number of pyridine rings is 1. The molecule has 0 aromatic carbocycles. The summed E-state index contributed by atoms with van der Waals surface area (Å²) in [5.41, 5.74) is 0.585. The van der Waals surface area contributed by atoms with Crippen LogP contribution in [0.25, 0.3) is 0 Å². The van der Waals surface area contributed by atoms with Gasteiger partial charge in [-0.05, 0) is 18.9 Å². The summed E-state index contributed by atoms with van der Waals surface area (Å²) >= 11 is 0. The molecule has 3 aliphatic rings. The third-order valence-electron chi connectivity index (χ3n) is 5.76. The molecular weight excluding hydrogens is 386 g/mol. The molecule has 4 heterocycles. The molecule has 3 fully saturated rings. The first-order valence-corrected chi connectivity index (χ1v) is 10.8. The van der Waals surface area contributed by atoms with Crippen LogP contribution in [0, 0.1) is 0 Å². The van der Waals surface area contributed by atoms with Crippen molar-refractivity contribution >= 4 is 27.8 Å². The van der Waals surface area contributed by atoms with Crippen LogP contribution in [-0.4, -0.2) is 92.3 Å². The lowest BCUT2D eigenvalue weighted by Gasteiger charge is -2.25. The molecule has 0 saturated carbocycles. The van der Waals surface area contributed by atoms with Crippen molar-refractivity contribution in [3.8, 4) is 0 Å². The highest BCUT2D eigenvalue weighted by molar-refractivity contribution is 7.90. The third-order valence-corrected chi connectivity index (χ3v) is 7.78. The summed E-state index contributed by atoms with van der Waals surface area (Å²) in [6.07, 6.45) is 2.23. The molecule has 10 nitrogen and oxygen atoms in total. The first kappa shape index (κ1) is 19.2. The molecule has 1 aromatic heterocycles. The van der Waals surface area contributed by atoms with Crippen molar-refractivity contribution in [1.82, 2.24) is 14.2 Å². The van der Waals surface area contributed by atoms with Crippen LogP contribution in [0.2, 0.25) is 0 Å². The van der Waals surface area contributed by atoms with Crippen molar-refractivity contribution in [3.05, 3.63) is 18.3 Å². The van der Waals surface area contributed by atoms with Crippen LogP contribution >= 0.6 is 0 Å². The summed E-state index contributed by atoms with van der Waals surface area (Å²) < 4.78 is 34.5. The van der Waals surface area contributed by atoms with Gasteiger partial charge in [-0.2, -0.15) is 12.7 Å². The van der Waals surface area contributed by atoms with Gasteiger partial charge in [-0.25, -0.2) is 9.78 Å². The Bertz CT molecular complexity index is 850. The number of carbonyl (C=O) groups is 1. The maximum atomic E-state index is 13.1. The fraction of sp³-hybridized carbons (Fsp3) is 0.647. The van der Waals surface area contributed by atoms with Gasteiger partial charge in [-0.15, -0.1) is 0 Å². The van der Waals surface area contributed by atoms with Gasteiger partial charge >= 0.3 is 16.3 Å². The lowest BCUT2D eigenvalue weighted by atomic mass is 10.2. The molecule has 3 aliphatic heterocycles. The van der Waals surface area contributed by atoms with Crippen LogP contribution in [0.4, 0.5) is 16.3 Å². The highest BCUT2D eigenvalue weighted by atomic mass is 32.2. The minimum Gasteiger partial charge on any atom is -0.465 e. The van der Waals surface area contributed by atoms with Gasteiger partial charge in [0, 0.05) is 64.7 Å². The predicted octanol–water partition coefficient (Wildman–Crippen LogP) is 0.426. The summed E-state index contributed by atoms with van der Waals surface area (Å²) in [4.78, 5) is 18.9. The Labute approximate surface area is 164 Å². The molecule has 1 N–H and O–H groups in total. The molecule has 0 bridgehead atoms. The quantitative estimate of drug-likeness (QED) is 0.765. The largest absolute Gasteiger partial charge is 0.465 e. The van der Waals surface area contributed by atoms with E-state index in [-0.39, 0.29) is 18.7 Å². The zero-order valence-electron chi connectivity index (χ0n) is 15.8. The average molecular weight is 411 g/mol. The first-order valence-electron chi connectivity index (χ1n) is 9.41. The van der Waals surface area contributed by atoms with Crippen molar-refractivity contribution < 1.29 is 23.1 Å². The molecule has 4 rings (SSSR count). The van der Waals surface area contributed by atoms with Crippen molar-refractivity contribution in [2.75, 3.05) is 55.6 Å². The molecule has 0 spiro atoms. The number of methoxy groups -OCH3 is 1. The molecule has 0 unspecified atom stereocenters. The molecule has 1 amide bonds. The maximum Gasteiger partial charge on any atom is 0.407 e. The van der Waals surface area contributed by atoms with E-state index in [1.165, 1.54) is 13.5 Å². The average Bonchev–Trinajstić information content (AvgIpc) is 3.39. The van der Waals surface area contributed by atoms with Crippen LogP contribution in [0.3, 0.4) is 0 Å². The van der Waals surface area contributed by atoms with Crippen LogP contribution < -0.4 is 9.21 Å². The fourth-order valence-electron chi connectivity index (χ4n) is 4.19. The molecule has 28 heavy (non-hydrogen) atoms. The van der Waals surface area contributed by atoms with E-state index >= 15 is 0 Å². The van der Waals surface area contributed by atoms with Crippen LogP contribution in [0.5, 0.6) is 0 Å². The molecular formula is C17H25N5O5S. The molecule has 2 atom stereocenters. The zero-order chi connectivity index (χ0) is 19.9. The number of hydrogen-bond donors (Lipinski definition) is 1. The molecule has 0 aliphatic carbocycles. The van der Waals surface area contributed by atoms with Crippen LogP contribution in [0.1, 0.15) is 12.8 Å². The van der Waals surface area contributed by atoms with Crippen LogP contribution in [0.15, 0.2) is 18.3 Å². The van der Waals surface area contributed by atoms with Gasteiger partial charge in [0.25, 0.3) is 0 Å². The molecule has 1 aromatic rings. The van der Waals surface area contributed by atoms with Crippen molar-refractivity contribution in [2.24, 2.45) is 0 Å². The highest BCUT2D eigenvalue weighted by Crippen LogP contribution is 2.31. The van der Waals surface area contributed by atoms with E-state index in [2.05, 4.69) is 9.88 Å². The fourth-order valence-corrected chi connectivity index (χ4v) is 6.00. The molecule has 154 valence electrons. The second-order valence-electron chi connectivity index (χ2n) is 7.33. The lowest BCUT2D eigenvalue weighted by Crippen LogP contribution is -2.42. The summed E-state index contributed by atoms with van der Waals surface area (Å²) in [6.45, 7) is 2.83. The summed E-state index contributed by atoms with van der Waals surface area (Å²) in [5, 5.41) is 9.13. The van der Waals surface area contributed by atoms with Crippen molar-refractivity contribution in [3.63, 3.8) is 0 Å². The van der Waals surface area contributed by atoms with E-state index in [0.29, 0.717) is 31.7 Å². The van der Waals surface area contributed by atoms with Crippen LogP contribution in [-0.2, 0) is 14.9 Å². The van der Waals surface area contributed by atoms with E-state index in [1.807, 2.05) is 0 Å². The number of ether oxygens (including phenoxy) is 1. The third kappa shape index (κ3) is 3.38. The molecule has 0 radical (unpaired) electrons. The summed E-state index contributed by atoms with van der Waals surface area (Å²) in [6, 6.07) is 3.19. The lowest BCUT2D eigenvalue weighted by molar-refractivity contribution is 0.121. The number of likely N-dealkylation sites (tertiary alicyclic amines) is 1. The summed E-state index contributed by atoms with van der Waals surface area (Å²) in [5.74, 6) is 0.739. The van der Waals surface area contributed by atoms with Gasteiger partial charge in [0.1, 0.15) is 5.82 Å². The van der Waals surface area contributed by atoms with Gasteiger partial charge in [0.2, 0.25) is 0 Å². The monoisotopic (exact) mass is 411 g/mol. The Hall–Kier alpha value is -2.11. The molecule has 3 saturated heterocycles. The number of aromatic nitrogens is 1. The topological polar surface area (TPSA) is 107 Å². The van der Waals surface area contributed by atoms with Gasteiger partial charge in [-0.1, -0.05) is 0 Å². The second kappa shape index (κ2) is 7.37.